The fraction of sp³-hybridized carbons (Fsp3) is 0.692. The lowest BCUT2D eigenvalue weighted by molar-refractivity contribution is 0.0309. The van der Waals surface area contributed by atoms with Crippen LogP contribution in [0, 0.1) is 5.92 Å². The maximum atomic E-state index is 5.88. The highest BCUT2D eigenvalue weighted by Gasteiger charge is 2.29. The van der Waals surface area contributed by atoms with Crippen molar-refractivity contribution in [1.82, 2.24) is 5.32 Å². The monoisotopic (exact) mass is 223 g/mol. The van der Waals surface area contributed by atoms with E-state index in [1.54, 1.807) is 6.26 Å². The van der Waals surface area contributed by atoms with Crippen LogP contribution in [0.4, 0.5) is 0 Å². The smallest absolute Gasteiger partial charge is 0.134 e. The highest BCUT2D eigenvalue weighted by molar-refractivity contribution is 5.05. The van der Waals surface area contributed by atoms with Gasteiger partial charge in [-0.3, -0.25) is 0 Å². The SMILES string of the molecule is CC(C)C1CCOC(c2ccco2)C(C)N1. The van der Waals surface area contributed by atoms with E-state index in [1.807, 2.05) is 12.1 Å². The molecule has 0 saturated carbocycles. The molecule has 3 heteroatoms. The second-order valence-corrected chi connectivity index (χ2v) is 4.90. The summed E-state index contributed by atoms with van der Waals surface area (Å²) in [6.45, 7) is 7.45. The fourth-order valence-electron chi connectivity index (χ4n) is 2.28. The quantitative estimate of drug-likeness (QED) is 0.837. The van der Waals surface area contributed by atoms with Gasteiger partial charge in [0.2, 0.25) is 0 Å². The summed E-state index contributed by atoms with van der Waals surface area (Å²) >= 11 is 0. The molecule has 3 unspecified atom stereocenters. The number of furan rings is 1. The van der Waals surface area contributed by atoms with Crippen LogP contribution in [0.2, 0.25) is 0 Å². The Labute approximate surface area is 97.2 Å². The molecule has 0 bridgehead atoms. The van der Waals surface area contributed by atoms with E-state index in [0.717, 1.165) is 18.8 Å². The predicted molar refractivity (Wildman–Crippen MR) is 63.2 cm³/mol. The van der Waals surface area contributed by atoms with Crippen LogP contribution in [0.1, 0.15) is 39.1 Å². The summed E-state index contributed by atoms with van der Waals surface area (Å²) in [5, 5.41) is 3.63. The average molecular weight is 223 g/mol. The minimum atomic E-state index is 0.0405. The Kier molecular flexibility index (Phi) is 3.66. The van der Waals surface area contributed by atoms with E-state index >= 15 is 0 Å². The van der Waals surface area contributed by atoms with Crippen molar-refractivity contribution in [3.63, 3.8) is 0 Å². The number of hydrogen-bond acceptors (Lipinski definition) is 3. The normalized spacial score (nSPS) is 31.6. The van der Waals surface area contributed by atoms with Crippen LogP contribution < -0.4 is 5.32 Å². The summed E-state index contributed by atoms with van der Waals surface area (Å²) in [7, 11) is 0. The van der Waals surface area contributed by atoms with E-state index in [0.29, 0.717) is 18.0 Å². The number of hydrogen-bond donors (Lipinski definition) is 1. The first-order valence-electron chi connectivity index (χ1n) is 6.09. The van der Waals surface area contributed by atoms with Gasteiger partial charge in [-0.05, 0) is 31.4 Å². The lowest BCUT2D eigenvalue weighted by Crippen LogP contribution is -2.40. The molecule has 3 atom stereocenters. The lowest BCUT2D eigenvalue weighted by Gasteiger charge is -2.25. The van der Waals surface area contributed by atoms with E-state index in [9.17, 15) is 0 Å². The van der Waals surface area contributed by atoms with Crippen LogP contribution in [-0.4, -0.2) is 18.7 Å². The van der Waals surface area contributed by atoms with Gasteiger partial charge in [0.15, 0.2) is 0 Å². The second kappa shape index (κ2) is 5.02. The summed E-state index contributed by atoms with van der Waals surface area (Å²) in [6.07, 6.45) is 2.81. The van der Waals surface area contributed by atoms with E-state index in [-0.39, 0.29) is 6.10 Å². The Morgan fingerprint density at radius 2 is 2.25 bits per heavy atom. The minimum Gasteiger partial charge on any atom is -0.467 e. The molecule has 1 aromatic rings. The van der Waals surface area contributed by atoms with Crippen molar-refractivity contribution in [2.45, 2.75) is 45.4 Å². The van der Waals surface area contributed by atoms with Crippen molar-refractivity contribution in [3.8, 4) is 0 Å². The van der Waals surface area contributed by atoms with Crippen molar-refractivity contribution < 1.29 is 9.15 Å². The Morgan fingerprint density at radius 3 is 2.88 bits per heavy atom. The van der Waals surface area contributed by atoms with Crippen LogP contribution >= 0.6 is 0 Å². The van der Waals surface area contributed by atoms with Gasteiger partial charge in [-0.1, -0.05) is 13.8 Å². The van der Waals surface area contributed by atoms with Crippen LogP contribution in [0.3, 0.4) is 0 Å². The Bertz CT molecular complexity index is 308. The molecule has 1 saturated heterocycles. The van der Waals surface area contributed by atoms with Crippen molar-refractivity contribution in [2.75, 3.05) is 6.61 Å². The van der Waals surface area contributed by atoms with Crippen molar-refractivity contribution >= 4 is 0 Å². The molecule has 1 aromatic heterocycles. The molecule has 3 nitrogen and oxygen atoms in total. The molecule has 2 heterocycles. The topological polar surface area (TPSA) is 34.4 Å². The van der Waals surface area contributed by atoms with Crippen molar-refractivity contribution in [2.24, 2.45) is 5.92 Å². The first kappa shape index (κ1) is 11.7. The maximum absolute atomic E-state index is 5.88. The van der Waals surface area contributed by atoms with Gasteiger partial charge >= 0.3 is 0 Å². The summed E-state index contributed by atoms with van der Waals surface area (Å²) < 4.78 is 11.3. The number of nitrogens with one attached hydrogen (secondary N) is 1. The van der Waals surface area contributed by atoms with Crippen LogP contribution in [0.25, 0.3) is 0 Å². The molecular formula is C13H21NO2. The fourth-order valence-corrected chi connectivity index (χ4v) is 2.28. The van der Waals surface area contributed by atoms with Gasteiger partial charge in [0, 0.05) is 18.7 Å². The van der Waals surface area contributed by atoms with Crippen molar-refractivity contribution in [3.05, 3.63) is 24.2 Å². The molecule has 0 aliphatic carbocycles. The molecule has 0 spiro atoms. The molecule has 90 valence electrons. The third kappa shape index (κ3) is 2.47. The number of rotatable bonds is 2. The average Bonchev–Trinajstić information content (AvgIpc) is 2.68. The molecule has 0 aromatic carbocycles. The summed E-state index contributed by atoms with van der Waals surface area (Å²) in [5.41, 5.74) is 0. The second-order valence-electron chi connectivity index (χ2n) is 4.90. The van der Waals surface area contributed by atoms with Gasteiger partial charge in [0.05, 0.1) is 6.26 Å². The van der Waals surface area contributed by atoms with Crippen LogP contribution in [-0.2, 0) is 4.74 Å². The van der Waals surface area contributed by atoms with Gasteiger partial charge < -0.3 is 14.5 Å². The molecule has 2 rings (SSSR count). The Hall–Kier alpha value is -0.800. The zero-order chi connectivity index (χ0) is 11.5. The number of ether oxygens (including phenoxy) is 1. The van der Waals surface area contributed by atoms with E-state index in [4.69, 9.17) is 9.15 Å². The molecule has 1 N–H and O–H groups in total. The Balaban J connectivity index is 2.07. The highest BCUT2D eigenvalue weighted by Crippen LogP contribution is 2.26. The summed E-state index contributed by atoms with van der Waals surface area (Å²) in [4.78, 5) is 0. The molecule has 0 radical (unpaired) electrons. The third-order valence-corrected chi connectivity index (χ3v) is 3.29. The molecule has 1 fully saturated rings. The lowest BCUT2D eigenvalue weighted by atomic mass is 10.0. The summed E-state index contributed by atoms with van der Waals surface area (Å²) in [5.74, 6) is 1.56. The first-order chi connectivity index (χ1) is 7.68. The molecule has 0 amide bonds. The van der Waals surface area contributed by atoms with E-state index < -0.39 is 0 Å². The van der Waals surface area contributed by atoms with E-state index in [2.05, 4.69) is 26.1 Å². The van der Waals surface area contributed by atoms with Gasteiger partial charge in [0.25, 0.3) is 0 Å². The third-order valence-electron chi connectivity index (χ3n) is 3.29. The first-order valence-corrected chi connectivity index (χ1v) is 6.09. The van der Waals surface area contributed by atoms with Gasteiger partial charge in [0.1, 0.15) is 11.9 Å². The highest BCUT2D eigenvalue weighted by atomic mass is 16.5. The van der Waals surface area contributed by atoms with Gasteiger partial charge in [-0.15, -0.1) is 0 Å². The molecule has 1 aliphatic rings. The Morgan fingerprint density at radius 1 is 1.44 bits per heavy atom. The molecule has 1 aliphatic heterocycles. The van der Waals surface area contributed by atoms with Gasteiger partial charge in [-0.2, -0.15) is 0 Å². The predicted octanol–water partition coefficient (Wildman–Crippen LogP) is 2.74. The maximum Gasteiger partial charge on any atom is 0.134 e. The minimum absolute atomic E-state index is 0.0405. The van der Waals surface area contributed by atoms with Gasteiger partial charge in [-0.25, -0.2) is 0 Å². The van der Waals surface area contributed by atoms with Crippen molar-refractivity contribution in [1.29, 1.82) is 0 Å². The van der Waals surface area contributed by atoms with Crippen LogP contribution in [0.5, 0.6) is 0 Å². The standard InChI is InChI=1S/C13H21NO2/c1-9(2)11-6-8-16-13(10(3)14-11)12-5-4-7-15-12/h4-5,7,9-11,13-14H,6,8H2,1-3H3. The molecular weight excluding hydrogens is 202 g/mol. The molecule has 16 heavy (non-hydrogen) atoms. The zero-order valence-electron chi connectivity index (χ0n) is 10.3. The zero-order valence-corrected chi connectivity index (χ0v) is 10.3. The summed E-state index contributed by atoms with van der Waals surface area (Å²) in [6, 6.07) is 4.73. The van der Waals surface area contributed by atoms with E-state index in [1.165, 1.54) is 0 Å². The van der Waals surface area contributed by atoms with Crippen LogP contribution in [0.15, 0.2) is 22.8 Å². The largest absolute Gasteiger partial charge is 0.467 e.